The molecule has 0 fully saturated rings. The summed E-state index contributed by atoms with van der Waals surface area (Å²) in [7, 11) is 0. The first-order valence-electron chi connectivity index (χ1n) is 7.66. The highest BCUT2D eigenvalue weighted by atomic mass is 15.3. The molecule has 1 heterocycles. The molecular formula is C19H21N3. The van der Waals surface area contributed by atoms with Gasteiger partial charge in [-0.05, 0) is 43.9 Å². The van der Waals surface area contributed by atoms with Crippen molar-refractivity contribution in [2.45, 2.75) is 33.6 Å². The fraction of sp³-hybridized carbons (Fsp3) is 0.263. The summed E-state index contributed by atoms with van der Waals surface area (Å²) in [6.45, 7) is 6.43. The van der Waals surface area contributed by atoms with E-state index >= 15 is 0 Å². The van der Waals surface area contributed by atoms with Crippen molar-refractivity contribution in [3.05, 3.63) is 76.9 Å². The third kappa shape index (κ3) is 2.93. The van der Waals surface area contributed by atoms with Crippen molar-refractivity contribution < 1.29 is 0 Å². The second-order valence-corrected chi connectivity index (χ2v) is 5.85. The maximum atomic E-state index is 4.33. The van der Waals surface area contributed by atoms with E-state index in [2.05, 4.69) is 71.9 Å². The minimum absolute atomic E-state index is 0.886. The summed E-state index contributed by atoms with van der Waals surface area (Å²) in [6.07, 6.45) is 3.69. The number of hydrogen-bond donors (Lipinski definition) is 0. The molecule has 0 aliphatic rings. The van der Waals surface area contributed by atoms with Crippen LogP contribution in [0.5, 0.6) is 0 Å². The first kappa shape index (κ1) is 14.5. The molecule has 3 heteroatoms. The van der Waals surface area contributed by atoms with Crippen molar-refractivity contribution in [1.82, 2.24) is 14.8 Å². The first-order chi connectivity index (χ1) is 10.6. The number of aromatic nitrogens is 3. The Labute approximate surface area is 131 Å². The highest BCUT2D eigenvalue weighted by Gasteiger charge is 2.11. The van der Waals surface area contributed by atoms with Crippen LogP contribution in [-0.4, -0.2) is 14.8 Å². The third-order valence-electron chi connectivity index (χ3n) is 3.97. The van der Waals surface area contributed by atoms with Crippen molar-refractivity contribution in [1.29, 1.82) is 0 Å². The number of aryl methyl sites for hydroxylation is 5. The Morgan fingerprint density at radius 2 is 1.59 bits per heavy atom. The van der Waals surface area contributed by atoms with Gasteiger partial charge >= 0.3 is 0 Å². The summed E-state index contributed by atoms with van der Waals surface area (Å²) in [6, 6.07) is 14.9. The van der Waals surface area contributed by atoms with Gasteiger partial charge in [0, 0.05) is 6.42 Å². The van der Waals surface area contributed by atoms with Crippen molar-refractivity contribution in [2.75, 3.05) is 0 Å². The lowest BCUT2D eigenvalue weighted by Crippen LogP contribution is -2.06. The molecule has 0 saturated heterocycles. The van der Waals surface area contributed by atoms with Gasteiger partial charge in [0.25, 0.3) is 0 Å². The summed E-state index contributed by atoms with van der Waals surface area (Å²) < 4.78 is 2.13. The van der Waals surface area contributed by atoms with Crippen molar-refractivity contribution >= 4 is 0 Å². The summed E-state index contributed by atoms with van der Waals surface area (Å²) in [5, 5.41) is 8.45. The van der Waals surface area contributed by atoms with Gasteiger partial charge in [-0.15, -0.1) is 10.2 Å². The van der Waals surface area contributed by atoms with Crippen LogP contribution in [0.1, 0.15) is 28.1 Å². The van der Waals surface area contributed by atoms with Crippen molar-refractivity contribution in [2.24, 2.45) is 0 Å². The van der Waals surface area contributed by atoms with Crippen LogP contribution in [0, 0.1) is 20.8 Å². The molecule has 0 saturated carbocycles. The number of hydrogen-bond acceptors (Lipinski definition) is 2. The molecule has 3 rings (SSSR count). The Morgan fingerprint density at radius 1 is 0.909 bits per heavy atom. The van der Waals surface area contributed by atoms with Gasteiger partial charge in [0.15, 0.2) is 0 Å². The Hall–Kier alpha value is -2.42. The van der Waals surface area contributed by atoms with Crippen LogP contribution in [0.2, 0.25) is 0 Å². The SMILES string of the molecule is Cc1cc(C)c(-n2cnnc2CCc2ccccc2)c(C)c1. The van der Waals surface area contributed by atoms with E-state index in [0.29, 0.717) is 0 Å². The average Bonchev–Trinajstić information content (AvgIpc) is 2.93. The van der Waals surface area contributed by atoms with E-state index in [9.17, 15) is 0 Å². The Balaban J connectivity index is 1.90. The Kier molecular flexibility index (Phi) is 4.05. The number of nitrogens with zero attached hydrogens (tertiary/aromatic N) is 3. The molecule has 112 valence electrons. The van der Waals surface area contributed by atoms with E-state index in [1.807, 2.05) is 12.4 Å². The fourth-order valence-electron chi connectivity index (χ4n) is 3.07. The van der Waals surface area contributed by atoms with Crippen LogP contribution in [0.25, 0.3) is 5.69 Å². The molecule has 0 aliphatic carbocycles. The summed E-state index contributed by atoms with van der Waals surface area (Å²) >= 11 is 0. The number of benzene rings is 2. The molecule has 0 atom stereocenters. The number of rotatable bonds is 4. The van der Waals surface area contributed by atoms with Crippen LogP contribution >= 0.6 is 0 Å². The molecule has 2 aromatic carbocycles. The minimum atomic E-state index is 0.886. The molecule has 0 unspecified atom stereocenters. The fourth-order valence-corrected chi connectivity index (χ4v) is 3.07. The standard InChI is InChI=1S/C19H21N3/c1-14-11-15(2)19(16(3)12-14)22-13-20-21-18(22)10-9-17-7-5-4-6-8-17/h4-8,11-13H,9-10H2,1-3H3. The zero-order chi connectivity index (χ0) is 15.5. The lowest BCUT2D eigenvalue weighted by molar-refractivity contribution is 0.816. The molecule has 0 bridgehead atoms. The van der Waals surface area contributed by atoms with Crippen LogP contribution in [0.4, 0.5) is 0 Å². The molecule has 3 nitrogen and oxygen atoms in total. The van der Waals surface area contributed by atoms with Gasteiger partial charge in [0.1, 0.15) is 12.2 Å². The zero-order valence-corrected chi connectivity index (χ0v) is 13.4. The quantitative estimate of drug-likeness (QED) is 0.728. The minimum Gasteiger partial charge on any atom is -0.285 e. The molecule has 0 spiro atoms. The Morgan fingerprint density at radius 3 is 2.27 bits per heavy atom. The summed E-state index contributed by atoms with van der Waals surface area (Å²) in [5.74, 6) is 1.01. The molecule has 0 N–H and O–H groups in total. The van der Waals surface area contributed by atoms with E-state index in [4.69, 9.17) is 0 Å². The molecule has 0 aliphatic heterocycles. The zero-order valence-electron chi connectivity index (χ0n) is 13.4. The first-order valence-corrected chi connectivity index (χ1v) is 7.66. The van der Waals surface area contributed by atoms with E-state index in [1.54, 1.807) is 0 Å². The van der Waals surface area contributed by atoms with Gasteiger partial charge in [-0.1, -0.05) is 48.0 Å². The van der Waals surface area contributed by atoms with Gasteiger partial charge in [-0.25, -0.2) is 0 Å². The lowest BCUT2D eigenvalue weighted by Gasteiger charge is -2.14. The van der Waals surface area contributed by atoms with Crippen LogP contribution in [-0.2, 0) is 12.8 Å². The smallest absolute Gasteiger partial charge is 0.137 e. The van der Waals surface area contributed by atoms with Gasteiger partial charge in [0.2, 0.25) is 0 Å². The normalized spacial score (nSPS) is 10.9. The van der Waals surface area contributed by atoms with Gasteiger partial charge in [-0.3, -0.25) is 4.57 Å². The maximum absolute atomic E-state index is 4.33. The van der Waals surface area contributed by atoms with Crippen LogP contribution < -0.4 is 0 Å². The monoisotopic (exact) mass is 291 g/mol. The summed E-state index contributed by atoms with van der Waals surface area (Å²) in [4.78, 5) is 0. The average molecular weight is 291 g/mol. The Bertz CT molecular complexity index is 749. The van der Waals surface area contributed by atoms with Gasteiger partial charge in [-0.2, -0.15) is 0 Å². The molecular weight excluding hydrogens is 270 g/mol. The molecule has 0 amide bonds. The maximum Gasteiger partial charge on any atom is 0.137 e. The van der Waals surface area contributed by atoms with Crippen molar-refractivity contribution in [3.63, 3.8) is 0 Å². The van der Waals surface area contributed by atoms with E-state index in [1.165, 1.54) is 27.9 Å². The van der Waals surface area contributed by atoms with E-state index < -0.39 is 0 Å². The highest BCUT2D eigenvalue weighted by Crippen LogP contribution is 2.22. The van der Waals surface area contributed by atoms with Gasteiger partial charge < -0.3 is 0 Å². The second-order valence-electron chi connectivity index (χ2n) is 5.85. The van der Waals surface area contributed by atoms with Crippen LogP contribution in [0.3, 0.4) is 0 Å². The highest BCUT2D eigenvalue weighted by molar-refractivity contribution is 5.49. The molecule has 0 radical (unpaired) electrons. The van der Waals surface area contributed by atoms with Crippen molar-refractivity contribution in [3.8, 4) is 5.69 Å². The predicted molar refractivity (Wildman–Crippen MR) is 89.4 cm³/mol. The lowest BCUT2D eigenvalue weighted by atomic mass is 10.0. The summed E-state index contributed by atoms with van der Waals surface area (Å²) in [5.41, 5.74) is 6.35. The van der Waals surface area contributed by atoms with Crippen LogP contribution in [0.15, 0.2) is 48.8 Å². The molecule has 3 aromatic rings. The topological polar surface area (TPSA) is 30.7 Å². The van der Waals surface area contributed by atoms with E-state index in [0.717, 1.165) is 18.7 Å². The largest absolute Gasteiger partial charge is 0.285 e. The third-order valence-corrected chi connectivity index (χ3v) is 3.97. The van der Waals surface area contributed by atoms with E-state index in [-0.39, 0.29) is 0 Å². The second kappa shape index (κ2) is 6.14. The van der Waals surface area contributed by atoms with Gasteiger partial charge in [0.05, 0.1) is 5.69 Å². The predicted octanol–water partition coefficient (Wildman–Crippen LogP) is 3.98. The molecule has 1 aromatic heterocycles. The molecule has 22 heavy (non-hydrogen) atoms.